The van der Waals surface area contributed by atoms with Gasteiger partial charge in [-0.1, -0.05) is 48.5 Å². The number of nitrogens with one attached hydrogen (secondary N) is 1. The third-order valence-corrected chi connectivity index (χ3v) is 8.46. The number of nitrogens with zero attached hydrogens (tertiary/aromatic N) is 3. The highest BCUT2D eigenvalue weighted by Crippen LogP contribution is 2.48. The number of aromatic nitrogens is 2. The molecule has 218 valence electrons. The summed E-state index contributed by atoms with van der Waals surface area (Å²) in [6, 6.07) is 18.6. The maximum Gasteiger partial charge on any atom is 0.334 e. The number of imide groups is 1. The van der Waals surface area contributed by atoms with Crippen LogP contribution in [0.15, 0.2) is 88.0 Å². The zero-order chi connectivity index (χ0) is 31.0. The molecule has 11 nitrogen and oxygen atoms in total. The fourth-order valence-electron chi connectivity index (χ4n) is 6.19. The number of amides is 2. The van der Waals surface area contributed by atoms with Gasteiger partial charge >= 0.3 is 11.7 Å². The SMILES string of the molecule is C[C@@H](C(=O)Oc1ccc([C@H]2C3=C(Nc4c2c(=O)n(C)c(=O)n4C)c2ccccc2C3=O)cc1)N1C(=O)c2ccccc2C1=O. The van der Waals surface area contributed by atoms with Crippen LogP contribution in [0.5, 0.6) is 5.75 Å². The van der Waals surface area contributed by atoms with E-state index < -0.39 is 41.0 Å². The Morgan fingerprint density at radius 2 is 1.34 bits per heavy atom. The van der Waals surface area contributed by atoms with Crippen molar-refractivity contribution in [3.63, 3.8) is 0 Å². The summed E-state index contributed by atoms with van der Waals surface area (Å²) >= 11 is 0. The lowest BCUT2D eigenvalue weighted by atomic mass is 9.81. The molecule has 44 heavy (non-hydrogen) atoms. The zero-order valence-corrected chi connectivity index (χ0v) is 23.8. The summed E-state index contributed by atoms with van der Waals surface area (Å²) in [6.07, 6.45) is 0. The number of carbonyl (C=O) groups excluding carboxylic acids is 4. The first-order chi connectivity index (χ1) is 21.1. The maximum absolute atomic E-state index is 13.7. The standard InChI is InChI=1S/C33H24N4O7/c1-16(37-29(39)21-10-6-7-11-22(21)30(37)40)32(42)44-18-14-12-17(13-15-18)23-24-26(19-8-4-5-9-20(19)27(24)38)34-28-25(23)31(41)36(3)33(43)35(28)2/h4-16,23,34H,1-3H3/t16-,23-/m0/s1. The summed E-state index contributed by atoms with van der Waals surface area (Å²) in [5.74, 6) is -2.59. The smallest absolute Gasteiger partial charge is 0.334 e. The van der Waals surface area contributed by atoms with E-state index in [-0.39, 0.29) is 34.0 Å². The summed E-state index contributed by atoms with van der Waals surface area (Å²) in [5, 5.41) is 3.19. The minimum atomic E-state index is -1.19. The maximum atomic E-state index is 13.7. The van der Waals surface area contributed by atoms with E-state index in [4.69, 9.17) is 4.74 Å². The molecule has 0 saturated heterocycles. The van der Waals surface area contributed by atoms with E-state index in [9.17, 15) is 28.8 Å². The minimum Gasteiger partial charge on any atom is -0.425 e. The number of Topliss-reactive ketones (excluding diaryl/α,β-unsaturated/α-hetero) is 1. The van der Waals surface area contributed by atoms with Gasteiger partial charge in [0.05, 0.1) is 22.4 Å². The molecule has 3 aromatic carbocycles. The van der Waals surface area contributed by atoms with Crippen LogP contribution in [-0.4, -0.2) is 43.6 Å². The largest absolute Gasteiger partial charge is 0.425 e. The van der Waals surface area contributed by atoms with Crippen molar-refractivity contribution in [2.24, 2.45) is 14.1 Å². The van der Waals surface area contributed by atoms with Crippen molar-refractivity contribution in [1.29, 1.82) is 0 Å². The quantitative estimate of drug-likeness (QED) is 0.218. The molecule has 0 radical (unpaired) electrons. The van der Waals surface area contributed by atoms with Gasteiger partial charge < -0.3 is 10.1 Å². The number of hydrogen-bond donors (Lipinski definition) is 1. The molecule has 11 heteroatoms. The Kier molecular flexibility index (Phi) is 5.89. The minimum absolute atomic E-state index is 0.139. The fourth-order valence-corrected chi connectivity index (χ4v) is 6.19. The second kappa shape index (κ2) is 9.60. The predicted octanol–water partition coefficient (Wildman–Crippen LogP) is 2.84. The second-order valence-corrected chi connectivity index (χ2v) is 10.9. The third kappa shape index (κ3) is 3.68. The van der Waals surface area contributed by atoms with E-state index >= 15 is 0 Å². The van der Waals surface area contributed by atoms with E-state index in [1.807, 2.05) is 12.1 Å². The molecule has 0 saturated carbocycles. The average molecular weight is 589 g/mol. The van der Waals surface area contributed by atoms with Gasteiger partial charge in [0.1, 0.15) is 17.6 Å². The van der Waals surface area contributed by atoms with E-state index in [0.717, 1.165) is 9.47 Å². The Morgan fingerprint density at radius 3 is 1.95 bits per heavy atom. The molecule has 0 unspecified atom stereocenters. The number of hydrogen-bond acceptors (Lipinski definition) is 8. The number of fused-ring (bicyclic) bond motifs is 4. The molecular formula is C33H24N4O7. The highest BCUT2D eigenvalue weighted by molar-refractivity contribution is 6.24. The number of benzene rings is 3. The molecule has 1 aliphatic carbocycles. The summed E-state index contributed by atoms with van der Waals surface area (Å²) in [5.41, 5.74) is 2.24. The highest BCUT2D eigenvalue weighted by atomic mass is 16.5. The van der Waals surface area contributed by atoms with Crippen LogP contribution in [0.2, 0.25) is 0 Å². The van der Waals surface area contributed by atoms with Crippen LogP contribution in [0.1, 0.15) is 60.6 Å². The fraction of sp³-hybridized carbons (Fsp3) is 0.152. The molecule has 3 aliphatic rings. The Hall–Kier alpha value is -5.84. The van der Waals surface area contributed by atoms with Crippen molar-refractivity contribution < 1.29 is 23.9 Å². The van der Waals surface area contributed by atoms with Gasteiger partial charge in [-0.15, -0.1) is 0 Å². The molecular weight excluding hydrogens is 564 g/mol. The first-order valence-electron chi connectivity index (χ1n) is 13.8. The van der Waals surface area contributed by atoms with Crippen LogP contribution in [-0.2, 0) is 18.9 Å². The lowest BCUT2D eigenvalue weighted by molar-refractivity contribution is -0.138. The Morgan fingerprint density at radius 1 is 0.773 bits per heavy atom. The predicted molar refractivity (Wildman–Crippen MR) is 159 cm³/mol. The van der Waals surface area contributed by atoms with Crippen LogP contribution < -0.4 is 21.3 Å². The van der Waals surface area contributed by atoms with Gasteiger partial charge in [0.2, 0.25) is 0 Å². The van der Waals surface area contributed by atoms with Gasteiger partial charge in [-0.2, -0.15) is 0 Å². The van der Waals surface area contributed by atoms with Gasteiger partial charge in [-0.05, 0) is 36.8 Å². The van der Waals surface area contributed by atoms with Crippen molar-refractivity contribution in [1.82, 2.24) is 14.0 Å². The van der Waals surface area contributed by atoms with Crippen LogP contribution in [0, 0.1) is 0 Å². The Balaban J connectivity index is 1.24. The molecule has 0 fully saturated rings. The molecule has 0 bridgehead atoms. The van der Waals surface area contributed by atoms with Crippen molar-refractivity contribution in [3.05, 3.63) is 133 Å². The van der Waals surface area contributed by atoms with Crippen molar-refractivity contribution in [2.45, 2.75) is 18.9 Å². The number of ether oxygens (including phenoxy) is 1. The first kappa shape index (κ1) is 27.0. The van der Waals surface area contributed by atoms with Gasteiger partial charge in [-0.3, -0.25) is 33.2 Å². The molecule has 2 atom stereocenters. The molecule has 2 aliphatic heterocycles. The lowest BCUT2D eigenvalue weighted by Gasteiger charge is -2.29. The van der Waals surface area contributed by atoms with E-state index in [1.54, 1.807) is 43.4 Å². The molecule has 1 aromatic heterocycles. The molecule has 1 N–H and O–H groups in total. The topological polar surface area (TPSA) is 137 Å². The number of allylic oxidation sites excluding steroid dienone is 1. The number of ketones is 1. The van der Waals surface area contributed by atoms with Crippen LogP contribution in [0.3, 0.4) is 0 Å². The second-order valence-electron chi connectivity index (χ2n) is 10.9. The summed E-state index contributed by atoms with van der Waals surface area (Å²) in [6.45, 7) is 1.42. The van der Waals surface area contributed by atoms with Gasteiger partial charge in [0.25, 0.3) is 17.4 Å². The van der Waals surface area contributed by atoms with Crippen LogP contribution in [0.4, 0.5) is 5.82 Å². The van der Waals surface area contributed by atoms with Crippen LogP contribution in [0.25, 0.3) is 5.70 Å². The average Bonchev–Trinajstić information content (AvgIpc) is 3.47. The molecule has 0 spiro atoms. The monoisotopic (exact) mass is 588 g/mol. The van der Waals surface area contributed by atoms with Crippen molar-refractivity contribution >= 4 is 35.1 Å². The molecule has 3 heterocycles. The molecule has 2 amide bonds. The Labute approximate surface area is 249 Å². The van der Waals surface area contributed by atoms with E-state index in [0.29, 0.717) is 28.0 Å². The summed E-state index contributed by atoms with van der Waals surface area (Å²) in [4.78, 5) is 79.7. The number of anilines is 1. The number of carbonyl (C=O) groups is 4. The van der Waals surface area contributed by atoms with Gasteiger partial charge in [0.15, 0.2) is 5.78 Å². The zero-order valence-electron chi connectivity index (χ0n) is 23.8. The molecule has 7 rings (SSSR count). The van der Waals surface area contributed by atoms with Gasteiger partial charge in [-0.25, -0.2) is 9.59 Å². The van der Waals surface area contributed by atoms with Crippen molar-refractivity contribution in [2.75, 3.05) is 5.32 Å². The number of rotatable bonds is 4. The van der Waals surface area contributed by atoms with Gasteiger partial charge in [0, 0.05) is 36.7 Å². The lowest BCUT2D eigenvalue weighted by Crippen LogP contribution is -2.44. The van der Waals surface area contributed by atoms with Crippen molar-refractivity contribution in [3.8, 4) is 5.75 Å². The highest BCUT2D eigenvalue weighted by Gasteiger charge is 2.43. The molecule has 4 aromatic rings. The van der Waals surface area contributed by atoms with E-state index in [2.05, 4.69) is 5.32 Å². The van der Waals surface area contributed by atoms with Crippen LogP contribution >= 0.6 is 0 Å². The Bertz CT molecular complexity index is 2100. The normalized spacial score (nSPS) is 17.1. The van der Waals surface area contributed by atoms with E-state index in [1.165, 1.54) is 42.8 Å². The summed E-state index contributed by atoms with van der Waals surface area (Å²) < 4.78 is 7.89. The number of esters is 1. The third-order valence-electron chi connectivity index (χ3n) is 8.46. The first-order valence-corrected chi connectivity index (χ1v) is 13.8. The summed E-state index contributed by atoms with van der Waals surface area (Å²) in [7, 11) is 2.94.